The summed E-state index contributed by atoms with van der Waals surface area (Å²) in [6.07, 6.45) is 0. The van der Waals surface area contributed by atoms with Gasteiger partial charge in [-0.15, -0.1) is 0 Å². The summed E-state index contributed by atoms with van der Waals surface area (Å²) in [5.41, 5.74) is 2.71. The number of rotatable bonds is 5. The zero-order valence-electron chi connectivity index (χ0n) is 14.1. The van der Waals surface area contributed by atoms with Gasteiger partial charge in [-0.3, -0.25) is 5.32 Å². The molecule has 2 heteroatoms. The molecule has 0 aliphatic carbocycles. The molecule has 0 heterocycles. The van der Waals surface area contributed by atoms with Crippen molar-refractivity contribution >= 4 is 0 Å². The maximum absolute atomic E-state index is 10.5. The lowest BCUT2D eigenvalue weighted by Gasteiger charge is -2.36. The summed E-state index contributed by atoms with van der Waals surface area (Å²) in [4.78, 5) is 0. The lowest BCUT2D eigenvalue weighted by Crippen LogP contribution is -2.42. The van der Waals surface area contributed by atoms with E-state index in [0.29, 0.717) is 5.75 Å². The molecule has 122 valence electrons. The topological polar surface area (TPSA) is 32.3 Å². The molecule has 2 N–H and O–H groups in total. The van der Waals surface area contributed by atoms with Crippen LogP contribution in [-0.2, 0) is 5.54 Å². The van der Waals surface area contributed by atoms with Gasteiger partial charge in [0, 0.05) is 11.6 Å². The molecule has 0 bridgehead atoms. The van der Waals surface area contributed by atoms with Gasteiger partial charge in [-0.25, -0.2) is 0 Å². The molecule has 0 fully saturated rings. The number of phenols is 1. The van der Waals surface area contributed by atoms with Crippen LogP contribution in [0.3, 0.4) is 0 Å². The summed E-state index contributed by atoms with van der Waals surface area (Å²) in [6, 6.07) is 28.3. The zero-order chi connectivity index (χ0) is 17.0. The number of benzene rings is 3. The zero-order valence-corrected chi connectivity index (χ0v) is 14.1. The van der Waals surface area contributed by atoms with Crippen molar-refractivity contribution in [1.82, 2.24) is 5.32 Å². The molecule has 2 atom stereocenters. The summed E-state index contributed by atoms with van der Waals surface area (Å²) < 4.78 is 0. The van der Waals surface area contributed by atoms with Crippen LogP contribution in [-0.4, -0.2) is 5.11 Å². The minimum absolute atomic E-state index is 0.135. The van der Waals surface area contributed by atoms with Gasteiger partial charge in [-0.2, -0.15) is 0 Å². The highest BCUT2D eigenvalue weighted by molar-refractivity contribution is 5.45. The van der Waals surface area contributed by atoms with Gasteiger partial charge in [0.1, 0.15) is 5.75 Å². The van der Waals surface area contributed by atoms with Crippen molar-refractivity contribution in [1.29, 1.82) is 0 Å². The van der Waals surface area contributed by atoms with Crippen molar-refractivity contribution in [3.63, 3.8) is 0 Å². The summed E-state index contributed by atoms with van der Waals surface area (Å²) in [5.74, 6) is 0.302. The third-order valence-electron chi connectivity index (χ3n) is 4.60. The van der Waals surface area contributed by atoms with Crippen LogP contribution < -0.4 is 5.32 Å². The smallest absolute Gasteiger partial charge is 0.120 e. The molecule has 2 nitrogen and oxygen atoms in total. The lowest BCUT2D eigenvalue weighted by atomic mass is 9.83. The lowest BCUT2D eigenvalue weighted by molar-refractivity contribution is 0.366. The summed E-state index contributed by atoms with van der Waals surface area (Å²) in [6.45, 7) is 4.27. The summed E-state index contributed by atoms with van der Waals surface area (Å²) >= 11 is 0. The van der Waals surface area contributed by atoms with Gasteiger partial charge in [-0.1, -0.05) is 78.9 Å². The number of para-hydroxylation sites is 1. The molecular formula is C22H23NO. The Hall–Kier alpha value is -2.58. The van der Waals surface area contributed by atoms with Gasteiger partial charge < -0.3 is 5.11 Å². The highest BCUT2D eigenvalue weighted by Gasteiger charge is 2.32. The maximum atomic E-state index is 10.5. The molecule has 0 aliphatic rings. The van der Waals surface area contributed by atoms with Crippen molar-refractivity contribution in [2.75, 3.05) is 0 Å². The van der Waals surface area contributed by atoms with E-state index in [9.17, 15) is 5.11 Å². The first-order valence-corrected chi connectivity index (χ1v) is 8.28. The van der Waals surface area contributed by atoms with Gasteiger partial charge in [0.15, 0.2) is 0 Å². The predicted octanol–water partition coefficient (Wildman–Crippen LogP) is 5.01. The van der Waals surface area contributed by atoms with E-state index in [2.05, 4.69) is 43.4 Å². The Labute approximate surface area is 143 Å². The molecule has 3 rings (SSSR count). The molecule has 3 aromatic carbocycles. The minimum atomic E-state index is -0.498. The molecule has 0 aliphatic heterocycles. The van der Waals surface area contributed by atoms with E-state index in [4.69, 9.17) is 0 Å². The normalized spacial score (nSPS) is 14.8. The fourth-order valence-electron chi connectivity index (χ4n) is 3.24. The van der Waals surface area contributed by atoms with E-state index in [1.165, 1.54) is 5.56 Å². The molecular weight excluding hydrogens is 294 g/mol. The number of nitrogens with one attached hydrogen (secondary N) is 1. The number of aromatic hydroxyl groups is 1. The van der Waals surface area contributed by atoms with Gasteiger partial charge in [0.2, 0.25) is 0 Å². The van der Waals surface area contributed by atoms with Gasteiger partial charge in [-0.05, 0) is 31.0 Å². The second-order valence-electron chi connectivity index (χ2n) is 6.28. The second-order valence-corrected chi connectivity index (χ2v) is 6.28. The van der Waals surface area contributed by atoms with Gasteiger partial charge >= 0.3 is 0 Å². The van der Waals surface area contributed by atoms with E-state index in [1.807, 2.05) is 54.6 Å². The van der Waals surface area contributed by atoms with Crippen LogP contribution in [0.25, 0.3) is 0 Å². The number of hydrogen-bond acceptors (Lipinski definition) is 2. The molecule has 0 saturated carbocycles. The first kappa shape index (κ1) is 16.3. The second kappa shape index (κ2) is 6.90. The average molecular weight is 317 g/mol. The fourth-order valence-corrected chi connectivity index (χ4v) is 3.24. The predicted molar refractivity (Wildman–Crippen MR) is 99.0 cm³/mol. The van der Waals surface area contributed by atoms with Crippen LogP contribution in [0.5, 0.6) is 5.75 Å². The van der Waals surface area contributed by atoms with E-state index in [-0.39, 0.29) is 6.04 Å². The largest absolute Gasteiger partial charge is 0.508 e. The molecule has 24 heavy (non-hydrogen) atoms. The first-order chi connectivity index (χ1) is 11.6. The average Bonchev–Trinajstić information content (AvgIpc) is 2.63. The Balaban J connectivity index is 2.05. The van der Waals surface area contributed by atoms with E-state index >= 15 is 0 Å². The Bertz CT molecular complexity index is 785. The Morgan fingerprint density at radius 3 is 1.96 bits per heavy atom. The highest BCUT2D eigenvalue weighted by Crippen LogP contribution is 2.36. The number of phenolic OH excluding ortho intramolecular Hbond substituents is 1. The van der Waals surface area contributed by atoms with Crippen molar-refractivity contribution in [3.8, 4) is 5.75 Å². The molecule has 0 radical (unpaired) electrons. The minimum Gasteiger partial charge on any atom is -0.508 e. The Morgan fingerprint density at radius 2 is 1.33 bits per heavy atom. The van der Waals surface area contributed by atoms with Crippen molar-refractivity contribution in [2.24, 2.45) is 0 Å². The summed E-state index contributed by atoms with van der Waals surface area (Å²) in [7, 11) is 0. The van der Waals surface area contributed by atoms with Crippen molar-refractivity contribution < 1.29 is 5.11 Å². The van der Waals surface area contributed by atoms with Crippen LogP contribution in [0.1, 0.15) is 36.6 Å². The monoisotopic (exact) mass is 317 g/mol. The van der Waals surface area contributed by atoms with Crippen LogP contribution in [0.4, 0.5) is 0 Å². The van der Waals surface area contributed by atoms with Crippen molar-refractivity contribution in [3.05, 3.63) is 102 Å². The fraction of sp³-hybridized carbons (Fsp3) is 0.182. The van der Waals surface area contributed by atoms with Gasteiger partial charge in [0.25, 0.3) is 0 Å². The Morgan fingerprint density at radius 1 is 0.792 bits per heavy atom. The molecule has 3 aromatic rings. The molecule has 0 unspecified atom stereocenters. The quantitative estimate of drug-likeness (QED) is 0.693. The van der Waals surface area contributed by atoms with Crippen LogP contribution in [0.2, 0.25) is 0 Å². The first-order valence-electron chi connectivity index (χ1n) is 8.28. The third kappa shape index (κ3) is 3.19. The molecule has 0 saturated heterocycles. The Kier molecular flexibility index (Phi) is 4.68. The van der Waals surface area contributed by atoms with E-state index in [1.54, 1.807) is 6.07 Å². The summed E-state index contributed by atoms with van der Waals surface area (Å²) in [5, 5.41) is 14.2. The van der Waals surface area contributed by atoms with Crippen molar-refractivity contribution in [2.45, 2.75) is 25.4 Å². The van der Waals surface area contributed by atoms with Crippen LogP contribution in [0.15, 0.2) is 84.9 Å². The van der Waals surface area contributed by atoms with Crippen LogP contribution >= 0.6 is 0 Å². The molecule has 0 spiro atoms. The SMILES string of the molecule is C[C@@H](N[C@](C)(c1ccccc1)c1ccccc1O)c1ccccc1. The van der Waals surface area contributed by atoms with Crippen LogP contribution in [0, 0.1) is 0 Å². The number of hydrogen-bond donors (Lipinski definition) is 2. The molecule has 0 aromatic heterocycles. The van der Waals surface area contributed by atoms with E-state index in [0.717, 1.165) is 11.1 Å². The standard InChI is InChI=1S/C22H23NO/c1-17(18-11-5-3-6-12-18)23-22(2,19-13-7-4-8-14-19)20-15-9-10-16-21(20)24/h3-17,23-24H,1-2H3/t17-,22-/m1/s1. The third-order valence-corrected chi connectivity index (χ3v) is 4.60. The maximum Gasteiger partial charge on any atom is 0.120 e. The molecule has 0 amide bonds. The van der Waals surface area contributed by atoms with E-state index < -0.39 is 5.54 Å². The van der Waals surface area contributed by atoms with Gasteiger partial charge in [0.05, 0.1) is 5.54 Å². The highest BCUT2D eigenvalue weighted by atomic mass is 16.3.